The lowest BCUT2D eigenvalue weighted by molar-refractivity contribution is 0.0483. The molecule has 0 amide bonds. The molecule has 0 aromatic heterocycles. The molecule has 0 rings (SSSR count). The maximum absolute atomic E-state index is 4.89. The SMILES string of the molecule is CCC(CC)ON.Cl. The highest BCUT2D eigenvalue weighted by molar-refractivity contribution is 5.85. The Morgan fingerprint density at radius 3 is 1.75 bits per heavy atom. The van der Waals surface area contributed by atoms with Crippen LogP contribution in [0.2, 0.25) is 0 Å². The normalized spacial score (nSPS) is 9.00. The van der Waals surface area contributed by atoms with E-state index in [0.29, 0.717) is 0 Å². The molecule has 0 atom stereocenters. The minimum absolute atomic E-state index is 0. The molecule has 0 radical (unpaired) electrons. The summed E-state index contributed by atoms with van der Waals surface area (Å²) in [6, 6.07) is 0. The van der Waals surface area contributed by atoms with Crippen molar-refractivity contribution in [1.82, 2.24) is 0 Å². The number of halogens is 1. The number of rotatable bonds is 3. The number of hydrogen-bond donors (Lipinski definition) is 1. The average molecular weight is 140 g/mol. The molecule has 0 aliphatic rings. The Morgan fingerprint density at radius 1 is 1.38 bits per heavy atom. The number of hydrogen-bond acceptors (Lipinski definition) is 2. The van der Waals surface area contributed by atoms with Gasteiger partial charge in [-0.2, -0.15) is 0 Å². The fourth-order valence-electron chi connectivity index (χ4n) is 0.481. The smallest absolute Gasteiger partial charge is 0.0782 e. The van der Waals surface area contributed by atoms with E-state index in [9.17, 15) is 0 Å². The van der Waals surface area contributed by atoms with E-state index >= 15 is 0 Å². The first kappa shape index (κ1) is 11.1. The molecular formula is C5H14ClNO. The van der Waals surface area contributed by atoms with Crippen molar-refractivity contribution in [3.8, 4) is 0 Å². The van der Waals surface area contributed by atoms with Gasteiger partial charge in [-0.25, -0.2) is 5.90 Å². The summed E-state index contributed by atoms with van der Waals surface area (Å²) in [5.41, 5.74) is 0. The van der Waals surface area contributed by atoms with Gasteiger partial charge >= 0.3 is 0 Å². The van der Waals surface area contributed by atoms with Crippen molar-refractivity contribution >= 4 is 12.4 Å². The van der Waals surface area contributed by atoms with E-state index in [4.69, 9.17) is 5.90 Å². The van der Waals surface area contributed by atoms with E-state index in [0.717, 1.165) is 12.8 Å². The lowest BCUT2D eigenvalue weighted by atomic mass is 10.2. The first-order valence-corrected chi connectivity index (χ1v) is 2.70. The van der Waals surface area contributed by atoms with Gasteiger partial charge in [0.2, 0.25) is 0 Å². The van der Waals surface area contributed by atoms with Crippen LogP contribution in [0.3, 0.4) is 0 Å². The van der Waals surface area contributed by atoms with Crippen LogP contribution >= 0.6 is 12.4 Å². The average Bonchev–Trinajstić information content (AvgIpc) is 1.72. The maximum atomic E-state index is 4.89. The fourth-order valence-corrected chi connectivity index (χ4v) is 0.481. The molecule has 0 spiro atoms. The minimum Gasteiger partial charge on any atom is -0.301 e. The lowest BCUT2D eigenvalue weighted by Gasteiger charge is -2.06. The van der Waals surface area contributed by atoms with E-state index in [2.05, 4.69) is 18.7 Å². The molecule has 0 heterocycles. The predicted octanol–water partition coefficient (Wildman–Crippen LogP) is 1.49. The summed E-state index contributed by atoms with van der Waals surface area (Å²) in [6.07, 6.45) is 2.28. The van der Waals surface area contributed by atoms with Crippen LogP contribution in [0.4, 0.5) is 0 Å². The zero-order chi connectivity index (χ0) is 5.70. The highest BCUT2D eigenvalue weighted by Crippen LogP contribution is 1.97. The van der Waals surface area contributed by atoms with Gasteiger partial charge < -0.3 is 4.84 Å². The van der Waals surface area contributed by atoms with E-state index in [-0.39, 0.29) is 18.5 Å². The summed E-state index contributed by atoms with van der Waals surface area (Å²) in [4.78, 5) is 4.55. The summed E-state index contributed by atoms with van der Waals surface area (Å²) >= 11 is 0. The Labute approximate surface area is 56.8 Å². The molecule has 2 N–H and O–H groups in total. The Balaban J connectivity index is 0. The van der Waals surface area contributed by atoms with Gasteiger partial charge in [0.25, 0.3) is 0 Å². The second kappa shape index (κ2) is 7.21. The first-order valence-electron chi connectivity index (χ1n) is 2.70. The van der Waals surface area contributed by atoms with E-state index in [1.807, 2.05) is 0 Å². The van der Waals surface area contributed by atoms with Crippen LogP contribution in [0.1, 0.15) is 26.7 Å². The molecule has 8 heavy (non-hydrogen) atoms. The van der Waals surface area contributed by atoms with Crippen molar-refractivity contribution in [3.05, 3.63) is 0 Å². The van der Waals surface area contributed by atoms with Crippen molar-refractivity contribution in [2.24, 2.45) is 5.90 Å². The molecular weight excluding hydrogens is 126 g/mol. The molecule has 3 heteroatoms. The van der Waals surface area contributed by atoms with Crippen LogP contribution in [-0.4, -0.2) is 6.10 Å². The molecule has 0 saturated heterocycles. The third kappa shape index (κ3) is 4.37. The quantitative estimate of drug-likeness (QED) is 0.602. The fraction of sp³-hybridized carbons (Fsp3) is 1.00. The zero-order valence-electron chi connectivity index (χ0n) is 5.39. The van der Waals surface area contributed by atoms with Crippen LogP contribution in [0.25, 0.3) is 0 Å². The molecule has 0 fully saturated rings. The zero-order valence-corrected chi connectivity index (χ0v) is 6.20. The summed E-state index contributed by atoms with van der Waals surface area (Å²) < 4.78 is 0. The molecule has 0 bridgehead atoms. The van der Waals surface area contributed by atoms with Crippen LogP contribution < -0.4 is 5.90 Å². The summed E-state index contributed by atoms with van der Waals surface area (Å²) in [5.74, 6) is 4.89. The second-order valence-electron chi connectivity index (χ2n) is 1.57. The van der Waals surface area contributed by atoms with Gasteiger partial charge in [0.05, 0.1) is 6.10 Å². The monoisotopic (exact) mass is 139 g/mol. The van der Waals surface area contributed by atoms with Crippen molar-refractivity contribution in [1.29, 1.82) is 0 Å². The summed E-state index contributed by atoms with van der Waals surface area (Å²) in [5, 5.41) is 0. The minimum atomic E-state index is 0. The Hall–Kier alpha value is 0.210. The van der Waals surface area contributed by atoms with Gasteiger partial charge in [0.1, 0.15) is 0 Å². The third-order valence-electron chi connectivity index (χ3n) is 1.10. The Bertz CT molecular complexity index is 33.9. The molecule has 52 valence electrons. The number of nitrogens with two attached hydrogens (primary N) is 1. The van der Waals surface area contributed by atoms with Gasteiger partial charge in [0.15, 0.2) is 0 Å². The molecule has 0 aliphatic carbocycles. The molecule has 0 aromatic rings. The van der Waals surface area contributed by atoms with E-state index in [1.165, 1.54) is 0 Å². The highest BCUT2D eigenvalue weighted by Gasteiger charge is 1.97. The molecule has 0 aromatic carbocycles. The van der Waals surface area contributed by atoms with Gasteiger partial charge in [-0.3, -0.25) is 0 Å². The lowest BCUT2D eigenvalue weighted by Crippen LogP contribution is -2.14. The van der Waals surface area contributed by atoms with Crippen LogP contribution in [0.15, 0.2) is 0 Å². The highest BCUT2D eigenvalue weighted by atomic mass is 35.5. The first-order chi connectivity index (χ1) is 3.35. The largest absolute Gasteiger partial charge is 0.301 e. The van der Waals surface area contributed by atoms with E-state index < -0.39 is 0 Å². The standard InChI is InChI=1S/C5H13NO.ClH/c1-3-5(4-2)7-6;/h5H,3-4,6H2,1-2H3;1H. The van der Waals surface area contributed by atoms with Gasteiger partial charge in [-0.1, -0.05) is 13.8 Å². The topological polar surface area (TPSA) is 35.2 Å². The van der Waals surface area contributed by atoms with Gasteiger partial charge in [0, 0.05) is 0 Å². The maximum Gasteiger partial charge on any atom is 0.0782 e. The van der Waals surface area contributed by atoms with Crippen molar-refractivity contribution < 1.29 is 4.84 Å². The van der Waals surface area contributed by atoms with Crippen molar-refractivity contribution in [2.75, 3.05) is 0 Å². The summed E-state index contributed by atoms with van der Waals surface area (Å²) in [7, 11) is 0. The van der Waals surface area contributed by atoms with Crippen LogP contribution in [0.5, 0.6) is 0 Å². The Kier molecular flexibility index (Phi) is 9.97. The van der Waals surface area contributed by atoms with Crippen LogP contribution in [-0.2, 0) is 4.84 Å². The molecule has 0 aliphatic heterocycles. The molecule has 0 saturated carbocycles. The van der Waals surface area contributed by atoms with E-state index in [1.54, 1.807) is 0 Å². The van der Waals surface area contributed by atoms with Gasteiger partial charge in [-0.05, 0) is 12.8 Å². The third-order valence-corrected chi connectivity index (χ3v) is 1.10. The van der Waals surface area contributed by atoms with Crippen molar-refractivity contribution in [2.45, 2.75) is 32.8 Å². The van der Waals surface area contributed by atoms with Gasteiger partial charge in [-0.15, -0.1) is 12.4 Å². The predicted molar refractivity (Wildman–Crippen MR) is 36.9 cm³/mol. The molecule has 2 nitrogen and oxygen atoms in total. The molecule has 0 unspecified atom stereocenters. The summed E-state index contributed by atoms with van der Waals surface area (Å²) in [6.45, 7) is 4.11. The Morgan fingerprint density at radius 2 is 1.75 bits per heavy atom. The van der Waals surface area contributed by atoms with Crippen molar-refractivity contribution in [3.63, 3.8) is 0 Å². The second-order valence-corrected chi connectivity index (χ2v) is 1.57. The van der Waals surface area contributed by atoms with Crippen LogP contribution in [0, 0.1) is 0 Å².